The summed E-state index contributed by atoms with van der Waals surface area (Å²) < 4.78 is 0. The highest BCUT2D eigenvalue weighted by atomic mass is 15.1. The number of anilines is 2. The Morgan fingerprint density at radius 3 is 2.73 bits per heavy atom. The van der Waals surface area contributed by atoms with Gasteiger partial charge in [-0.25, -0.2) is 0 Å². The van der Waals surface area contributed by atoms with Crippen LogP contribution in [-0.2, 0) is 0 Å². The van der Waals surface area contributed by atoms with Gasteiger partial charge in [0, 0.05) is 24.5 Å². The highest BCUT2D eigenvalue weighted by Gasteiger charge is 2.22. The molecule has 0 amide bonds. The summed E-state index contributed by atoms with van der Waals surface area (Å²) in [6, 6.07) is 8.41. The van der Waals surface area contributed by atoms with Gasteiger partial charge in [-0.05, 0) is 37.5 Å². The number of nitrogens with two attached hydrogens (primary N) is 1. The number of benzene rings is 1. The van der Waals surface area contributed by atoms with E-state index in [0.29, 0.717) is 17.3 Å². The minimum absolute atomic E-state index is 0.559. The zero-order valence-electron chi connectivity index (χ0n) is 8.90. The third kappa shape index (κ3) is 1.75. The Balaban J connectivity index is 2.24. The van der Waals surface area contributed by atoms with Crippen molar-refractivity contribution in [2.75, 3.05) is 17.7 Å². The molecule has 78 valence electrons. The van der Waals surface area contributed by atoms with Crippen molar-refractivity contribution in [2.45, 2.75) is 25.3 Å². The van der Waals surface area contributed by atoms with Gasteiger partial charge in [-0.15, -0.1) is 0 Å². The molecule has 2 N–H and O–H groups in total. The molecule has 1 fully saturated rings. The van der Waals surface area contributed by atoms with Gasteiger partial charge in [-0.3, -0.25) is 0 Å². The van der Waals surface area contributed by atoms with E-state index in [4.69, 9.17) is 11.0 Å². The normalized spacial score (nSPS) is 15.5. The molecule has 1 aromatic rings. The van der Waals surface area contributed by atoms with Crippen LogP contribution in [0.5, 0.6) is 0 Å². The molecule has 1 aromatic carbocycles. The van der Waals surface area contributed by atoms with Crippen LogP contribution in [0, 0.1) is 11.3 Å². The highest BCUT2D eigenvalue weighted by molar-refractivity contribution is 5.62. The van der Waals surface area contributed by atoms with Crippen LogP contribution in [-0.4, -0.2) is 13.1 Å². The molecule has 0 aromatic heterocycles. The summed E-state index contributed by atoms with van der Waals surface area (Å²) in [6.07, 6.45) is 3.82. The molecular weight excluding hydrogens is 186 g/mol. The second kappa shape index (κ2) is 3.82. The fraction of sp³-hybridized carbons (Fsp3) is 0.417. The quantitative estimate of drug-likeness (QED) is 0.746. The van der Waals surface area contributed by atoms with Gasteiger partial charge in [-0.2, -0.15) is 5.26 Å². The van der Waals surface area contributed by atoms with Crippen LogP contribution in [0.15, 0.2) is 18.2 Å². The first kappa shape index (κ1) is 9.85. The molecule has 1 aliphatic carbocycles. The average Bonchev–Trinajstić information content (AvgIpc) is 2.15. The molecule has 0 bridgehead atoms. The van der Waals surface area contributed by atoms with E-state index in [0.717, 1.165) is 5.69 Å². The molecule has 1 aliphatic rings. The fourth-order valence-corrected chi connectivity index (χ4v) is 1.85. The van der Waals surface area contributed by atoms with Crippen LogP contribution in [0.4, 0.5) is 11.4 Å². The Morgan fingerprint density at radius 2 is 2.20 bits per heavy atom. The lowest BCUT2D eigenvalue weighted by molar-refractivity contribution is 0.401. The number of hydrogen-bond acceptors (Lipinski definition) is 3. The molecule has 3 heteroatoms. The number of hydrogen-bond donors (Lipinski definition) is 1. The molecule has 0 radical (unpaired) electrons. The predicted molar refractivity (Wildman–Crippen MR) is 61.6 cm³/mol. The molecule has 1 saturated carbocycles. The third-order valence-corrected chi connectivity index (χ3v) is 3.19. The van der Waals surface area contributed by atoms with E-state index in [-0.39, 0.29) is 0 Å². The Morgan fingerprint density at radius 1 is 1.47 bits per heavy atom. The Hall–Kier alpha value is -1.69. The Labute approximate surface area is 90.1 Å². The largest absolute Gasteiger partial charge is 0.398 e. The van der Waals surface area contributed by atoms with Gasteiger partial charge < -0.3 is 10.6 Å². The average molecular weight is 201 g/mol. The lowest BCUT2D eigenvalue weighted by Gasteiger charge is -2.36. The first-order valence-corrected chi connectivity index (χ1v) is 5.25. The molecular formula is C12H15N3. The predicted octanol–water partition coefficient (Wildman–Crippen LogP) is 2.13. The molecule has 15 heavy (non-hydrogen) atoms. The summed E-state index contributed by atoms with van der Waals surface area (Å²) in [6.45, 7) is 0. The van der Waals surface area contributed by atoms with Crippen molar-refractivity contribution in [3.63, 3.8) is 0 Å². The van der Waals surface area contributed by atoms with Gasteiger partial charge >= 0.3 is 0 Å². The van der Waals surface area contributed by atoms with Gasteiger partial charge in [0.1, 0.15) is 6.07 Å². The maximum atomic E-state index is 8.89. The van der Waals surface area contributed by atoms with E-state index in [1.54, 1.807) is 0 Å². The van der Waals surface area contributed by atoms with Crippen LogP contribution in [0.1, 0.15) is 24.8 Å². The summed E-state index contributed by atoms with van der Waals surface area (Å²) in [4.78, 5) is 2.24. The second-order valence-corrected chi connectivity index (χ2v) is 4.08. The summed E-state index contributed by atoms with van der Waals surface area (Å²) in [5.74, 6) is 0. The summed E-state index contributed by atoms with van der Waals surface area (Å²) in [7, 11) is 2.08. The first-order valence-electron chi connectivity index (χ1n) is 5.25. The van der Waals surface area contributed by atoms with Gasteiger partial charge in [0.05, 0.1) is 5.56 Å². The zero-order valence-corrected chi connectivity index (χ0v) is 8.90. The van der Waals surface area contributed by atoms with Crippen molar-refractivity contribution in [1.82, 2.24) is 0 Å². The van der Waals surface area contributed by atoms with E-state index in [9.17, 15) is 0 Å². The number of rotatable bonds is 2. The van der Waals surface area contributed by atoms with Crippen LogP contribution < -0.4 is 10.6 Å². The van der Waals surface area contributed by atoms with E-state index < -0.39 is 0 Å². The Kier molecular flexibility index (Phi) is 2.51. The van der Waals surface area contributed by atoms with E-state index in [1.165, 1.54) is 19.3 Å². The topological polar surface area (TPSA) is 53.0 Å². The van der Waals surface area contributed by atoms with Crippen molar-refractivity contribution < 1.29 is 0 Å². The molecule has 0 saturated heterocycles. The van der Waals surface area contributed by atoms with Crippen molar-refractivity contribution in [3.05, 3.63) is 23.8 Å². The minimum atomic E-state index is 0.559. The van der Waals surface area contributed by atoms with Crippen LogP contribution in [0.25, 0.3) is 0 Å². The highest BCUT2D eigenvalue weighted by Crippen LogP contribution is 2.29. The van der Waals surface area contributed by atoms with Crippen LogP contribution in [0.3, 0.4) is 0 Å². The molecule has 2 rings (SSSR count). The van der Waals surface area contributed by atoms with Crippen LogP contribution >= 0.6 is 0 Å². The molecule has 0 unspecified atom stereocenters. The van der Waals surface area contributed by atoms with Gasteiger partial charge in [0.2, 0.25) is 0 Å². The monoisotopic (exact) mass is 201 g/mol. The van der Waals surface area contributed by atoms with Crippen molar-refractivity contribution in [2.24, 2.45) is 0 Å². The summed E-state index contributed by atoms with van der Waals surface area (Å²) in [5.41, 5.74) is 7.90. The van der Waals surface area contributed by atoms with E-state index >= 15 is 0 Å². The second-order valence-electron chi connectivity index (χ2n) is 4.08. The van der Waals surface area contributed by atoms with Crippen molar-refractivity contribution in [1.29, 1.82) is 5.26 Å². The molecule has 3 nitrogen and oxygen atoms in total. The van der Waals surface area contributed by atoms with Crippen molar-refractivity contribution in [3.8, 4) is 6.07 Å². The first-order chi connectivity index (χ1) is 7.22. The van der Waals surface area contributed by atoms with Crippen molar-refractivity contribution >= 4 is 11.4 Å². The molecule has 0 atom stereocenters. The summed E-state index contributed by atoms with van der Waals surface area (Å²) >= 11 is 0. The molecule has 0 heterocycles. The zero-order chi connectivity index (χ0) is 10.8. The van der Waals surface area contributed by atoms with E-state index in [2.05, 4.69) is 18.0 Å². The summed E-state index contributed by atoms with van der Waals surface area (Å²) in [5, 5.41) is 8.89. The van der Waals surface area contributed by atoms with Crippen LogP contribution in [0.2, 0.25) is 0 Å². The van der Waals surface area contributed by atoms with Gasteiger partial charge in [0.25, 0.3) is 0 Å². The smallest absolute Gasteiger partial charge is 0.101 e. The van der Waals surface area contributed by atoms with Gasteiger partial charge in [0.15, 0.2) is 0 Å². The molecule has 0 spiro atoms. The fourth-order valence-electron chi connectivity index (χ4n) is 1.85. The minimum Gasteiger partial charge on any atom is -0.398 e. The third-order valence-electron chi connectivity index (χ3n) is 3.19. The maximum absolute atomic E-state index is 8.89. The lowest BCUT2D eigenvalue weighted by Crippen LogP contribution is -2.37. The molecule has 0 aliphatic heterocycles. The number of nitriles is 1. The Bertz CT molecular complexity index is 402. The van der Waals surface area contributed by atoms with Gasteiger partial charge in [-0.1, -0.05) is 0 Å². The standard InChI is InChI=1S/C12H15N3/c1-15(10-3-2-4-10)11-5-6-12(14)9(7-11)8-13/h5-7,10H,2-4,14H2,1H3. The SMILES string of the molecule is CN(c1ccc(N)c(C#N)c1)C1CCC1. The lowest BCUT2D eigenvalue weighted by atomic mass is 9.91. The maximum Gasteiger partial charge on any atom is 0.101 e. The van der Waals surface area contributed by atoms with E-state index in [1.807, 2.05) is 18.2 Å². The number of nitrogens with zero attached hydrogens (tertiary/aromatic N) is 2. The number of nitrogen functional groups attached to an aromatic ring is 1.